The van der Waals surface area contributed by atoms with Crippen LogP contribution in [0.5, 0.6) is 0 Å². The molecular weight excluding hydrogens is 232 g/mol. The van der Waals surface area contributed by atoms with Crippen LogP contribution in [0, 0.1) is 0 Å². The van der Waals surface area contributed by atoms with Gasteiger partial charge in [0.2, 0.25) is 0 Å². The lowest BCUT2D eigenvalue weighted by Gasteiger charge is -2.01. The molecule has 1 aromatic carbocycles. The number of benzene rings is 1. The molecule has 0 saturated heterocycles. The van der Waals surface area contributed by atoms with Gasteiger partial charge in [-0.1, -0.05) is 35.2 Å². The first-order chi connectivity index (χ1) is 7.27. The number of aromatic nitrogens is 2. The van der Waals surface area contributed by atoms with Gasteiger partial charge in [-0.2, -0.15) is 0 Å². The van der Waals surface area contributed by atoms with Crippen molar-refractivity contribution in [2.45, 2.75) is 9.24 Å². The third-order valence-electron chi connectivity index (χ3n) is 1.65. The fraction of sp³-hybridized carbons (Fsp3) is 0. The maximum atomic E-state index is 10.9. The van der Waals surface area contributed by atoms with Gasteiger partial charge in [0, 0.05) is 4.90 Å². The summed E-state index contributed by atoms with van der Waals surface area (Å²) in [7, 11) is 0. The number of carboxylic acid groups (broad SMARTS) is 1. The average molecular weight is 238 g/mol. The smallest absolute Gasteiger partial charge is 0.336 e. The third-order valence-corrected chi connectivity index (χ3v) is 3.51. The molecule has 2 aromatic rings. The van der Waals surface area contributed by atoms with Gasteiger partial charge in [-0.15, -0.1) is 10.2 Å². The van der Waals surface area contributed by atoms with Crippen LogP contribution in [0.4, 0.5) is 0 Å². The van der Waals surface area contributed by atoms with Gasteiger partial charge in [-0.3, -0.25) is 0 Å². The van der Waals surface area contributed by atoms with Crippen LogP contribution >= 0.6 is 23.1 Å². The topological polar surface area (TPSA) is 63.1 Å². The van der Waals surface area contributed by atoms with Crippen LogP contribution in [0.1, 0.15) is 10.4 Å². The van der Waals surface area contributed by atoms with E-state index in [1.165, 1.54) is 23.1 Å². The Balaban J connectivity index is 2.32. The molecule has 0 spiro atoms. The van der Waals surface area contributed by atoms with Crippen LogP contribution < -0.4 is 0 Å². The van der Waals surface area contributed by atoms with Crippen molar-refractivity contribution in [1.82, 2.24) is 10.2 Å². The fourth-order valence-electron chi connectivity index (χ4n) is 1.03. The number of hydrogen-bond acceptors (Lipinski definition) is 5. The number of hydrogen-bond donors (Lipinski definition) is 1. The predicted octanol–water partition coefficient (Wildman–Crippen LogP) is 2.39. The summed E-state index contributed by atoms with van der Waals surface area (Å²) in [5.74, 6) is -0.928. The molecule has 0 unspecified atom stereocenters. The summed E-state index contributed by atoms with van der Waals surface area (Å²) in [6.07, 6.45) is 0. The Labute approximate surface area is 94.0 Å². The van der Waals surface area contributed by atoms with E-state index in [9.17, 15) is 4.79 Å². The van der Waals surface area contributed by atoms with Crippen molar-refractivity contribution in [3.8, 4) is 0 Å². The minimum absolute atomic E-state index is 0.290. The second-order valence-electron chi connectivity index (χ2n) is 2.61. The van der Waals surface area contributed by atoms with Crippen LogP contribution in [0.15, 0.2) is 39.0 Å². The SMILES string of the molecule is O=C(O)c1ccccc1Sc1nncs1. The lowest BCUT2D eigenvalue weighted by atomic mass is 10.2. The summed E-state index contributed by atoms with van der Waals surface area (Å²) in [6, 6.07) is 6.84. The van der Waals surface area contributed by atoms with E-state index in [0.29, 0.717) is 4.90 Å². The monoisotopic (exact) mass is 238 g/mol. The number of nitrogens with zero attached hydrogens (tertiary/aromatic N) is 2. The van der Waals surface area contributed by atoms with Crippen molar-refractivity contribution in [3.05, 3.63) is 35.3 Å². The molecule has 0 aliphatic heterocycles. The van der Waals surface area contributed by atoms with Crippen molar-refractivity contribution < 1.29 is 9.90 Å². The molecule has 0 atom stereocenters. The zero-order valence-electron chi connectivity index (χ0n) is 7.45. The summed E-state index contributed by atoms with van der Waals surface area (Å²) in [5, 5.41) is 16.5. The Kier molecular flexibility index (Phi) is 2.98. The average Bonchev–Trinajstić information content (AvgIpc) is 2.71. The van der Waals surface area contributed by atoms with Crippen molar-refractivity contribution in [3.63, 3.8) is 0 Å². The number of aromatic carboxylic acids is 1. The summed E-state index contributed by atoms with van der Waals surface area (Å²) in [4.78, 5) is 11.6. The van der Waals surface area contributed by atoms with E-state index in [2.05, 4.69) is 10.2 Å². The molecule has 15 heavy (non-hydrogen) atoms. The van der Waals surface area contributed by atoms with Crippen LogP contribution in [-0.4, -0.2) is 21.3 Å². The Hall–Kier alpha value is -1.40. The quantitative estimate of drug-likeness (QED) is 0.889. The van der Waals surface area contributed by atoms with Crippen molar-refractivity contribution in [1.29, 1.82) is 0 Å². The maximum Gasteiger partial charge on any atom is 0.336 e. The second-order valence-corrected chi connectivity index (χ2v) is 4.73. The van der Waals surface area contributed by atoms with Gasteiger partial charge in [-0.25, -0.2) is 4.79 Å². The number of carbonyl (C=O) groups is 1. The van der Waals surface area contributed by atoms with Gasteiger partial charge in [0.05, 0.1) is 5.56 Å². The first-order valence-corrected chi connectivity index (χ1v) is 5.73. The van der Waals surface area contributed by atoms with E-state index >= 15 is 0 Å². The van der Waals surface area contributed by atoms with Gasteiger partial charge in [0.25, 0.3) is 0 Å². The first kappa shape index (κ1) is 10.1. The van der Waals surface area contributed by atoms with Gasteiger partial charge in [0.15, 0.2) is 4.34 Å². The van der Waals surface area contributed by atoms with Crippen molar-refractivity contribution >= 4 is 29.1 Å². The molecular formula is C9H6N2O2S2. The number of carboxylic acids is 1. The van der Waals surface area contributed by atoms with Crippen molar-refractivity contribution in [2.75, 3.05) is 0 Å². The highest BCUT2D eigenvalue weighted by molar-refractivity contribution is 8.01. The molecule has 76 valence electrons. The summed E-state index contributed by atoms with van der Waals surface area (Å²) < 4.78 is 0.740. The third kappa shape index (κ3) is 2.34. The first-order valence-electron chi connectivity index (χ1n) is 4.03. The molecule has 0 fully saturated rings. The van der Waals surface area contributed by atoms with E-state index in [-0.39, 0.29) is 5.56 Å². The summed E-state index contributed by atoms with van der Waals surface area (Å²) in [6.45, 7) is 0. The van der Waals surface area contributed by atoms with Gasteiger partial charge >= 0.3 is 5.97 Å². The molecule has 0 amide bonds. The van der Waals surface area contributed by atoms with Crippen LogP contribution in [-0.2, 0) is 0 Å². The Bertz CT molecular complexity index is 471. The highest BCUT2D eigenvalue weighted by Gasteiger charge is 2.11. The molecule has 0 aliphatic rings. The Morgan fingerprint density at radius 3 is 2.87 bits per heavy atom. The molecule has 1 heterocycles. The minimum atomic E-state index is -0.928. The largest absolute Gasteiger partial charge is 0.478 e. The van der Waals surface area contributed by atoms with Crippen LogP contribution in [0.2, 0.25) is 0 Å². The molecule has 0 aliphatic carbocycles. The molecule has 0 radical (unpaired) electrons. The molecule has 0 bridgehead atoms. The minimum Gasteiger partial charge on any atom is -0.478 e. The highest BCUT2D eigenvalue weighted by Crippen LogP contribution is 2.30. The predicted molar refractivity (Wildman–Crippen MR) is 57.4 cm³/mol. The van der Waals surface area contributed by atoms with Gasteiger partial charge < -0.3 is 5.11 Å². The molecule has 4 nitrogen and oxygen atoms in total. The maximum absolute atomic E-state index is 10.9. The molecule has 1 N–H and O–H groups in total. The zero-order chi connectivity index (χ0) is 10.7. The summed E-state index contributed by atoms with van der Waals surface area (Å²) in [5.41, 5.74) is 1.91. The van der Waals surface area contributed by atoms with E-state index in [1.807, 2.05) is 0 Å². The van der Waals surface area contributed by atoms with E-state index < -0.39 is 5.97 Å². The second kappa shape index (κ2) is 4.41. The molecule has 1 aromatic heterocycles. The van der Waals surface area contributed by atoms with Gasteiger partial charge in [-0.05, 0) is 12.1 Å². The number of rotatable bonds is 3. The van der Waals surface area contributed by atoms with E-state index in [1.54, 1.807) is 29.8 Å². The highest BCUT2D eigenvalue weighted by atomic mass is 32.2. The Morgan fingerprint density at radius 2 is 2.20 bits per heavy atom. The van der Waals surface area contributed by atoms with Gasteiger partial charge in [0.1, 0.15) is 5.51 Å². The summed E-state index contributed by atoms with van der Waals surface area (Å²) >= 11 is 2.70. The lowest BCUT2D eigenvalue weighted by Crippen LogP contribution is -1.97. The zero-order valence-corrected chi connectivity index (χ0v) is 9.09. The van der Waals surface area contributed by atoms with Crippen LogP contribution in [0.25, 0.3) is 0 Å². The molecule has 6 heteroatoms. The standard InChI is InChI=1S/C9H6N2O2S2/c12-8(13)6-3-1-2-4-7(6)15-9-11-10-5-14-9/h1-5H,(H,12,13). The van der Waals surface area contributed by atoms with Crippen LogP contribution in [0.3, 0.4) is 0 Å². The molecule has 0 saturated carbocycles. The lowest BCUT2D eigenvalue weighted by molar-refractivity contribution is 0.0693. The van der Waals surface area contributed by atoms with E-state index in [4.69, 9.17) is 5.11 Å². The Morgan fingerprint density at radius 1 is 1.40 bits per heavy atom. The fourth-order valence-corrected chi connectivity index (χ4v) is 2.59. The normalized spacial score (nSPS) is 10.1. The van der Waals surface area contributed by atoms with Crippen molar-refractivity contribution in [2.24, 2.45) is 0 Å². The molecule has 2 rings (SSSR count). The van der Waals surface area contributed by atoms with E-state index in [0.717, 1.165) is 4.34 Å².